The molecule has 3 aromatic heterocycles. The summed E-state index contributed by atoms with van der Waals surface area (Å²) in [5, 5.41) is 9.97. The zero-order valence-corrected chi connectivity index (χ0v) is 17.6. The van der Waals surface area contributed by atoms with Gasteiger partial charge in [-0.15, -0.1) is 22.7 Å². The van der Waals surface area contributed by atoms with Crippen molar-refractivity contribution >= 4 is 28.6 Å². The summed E-state index contributed by atoms with van der Waals surface area (Å²) < 4.78 is 15.0. The average molecular weight is 441 g/mol. The Hall–Kier alpha value is -3.17. The van der Waals surface area contributed by atoms with Crippen molar-refractivity contribution in [3.63, 3.8) is 0 Å². The van der Waals surface area contributed by atoms with E-state index in [0.29, 0.717) is 5.69 Å². The highest BCUT2D eigenvalue weighted by Crippen LogP contribution is 2.35. The van der Waals surface area contributed by atoms with Gasteiger partial charge in [0.25, 0.3) is 11.5 Å². The number of thiazole rings is 1. The fourth-order valence-corrected chi connectivity index (χ4v) is 4.71. The van der Waals surface area contributed by atoms with E-state index in [4.69, 9.17) is 0 Å². The van der Waals surface area contributed by atoms with E-state index < -0.39 is 11.7 Å². The van der Waals surface area contributed by atoms with Gasteiger partial charge in [-0.1, -0.05) is 18.2 Å². The van der Waals surface area contributed by atoms with Crippen LogP contribution in [0.1, 0.15) is 16.1 Å². The Morgan fingerprint density at radius 3 is 2.77 bits per heavy atom. The molecular weight excluding hydrogens is 423 g/mol. The highest BCUT2D eigenvalue weighted by molar-refractivity contribution is 7.23. The summed E-state index contributed by atoms with van der Waals surface area (Å²) in [5.41, 5.74) is 1.18. The maximum Gasteiger partial charge on any atom is 0.266 e. The first-order valence-electron chi connectivity index (χ1n) is 9.15. The van der Waals surface area contributed by atoms with Crippen LogP contribution in [0.2, 0.25) is 0 Å². The summed E-state index contributed by atoms with van der Waals surface area (Å²) in [7, 11) is 0. The van der Waals surface area contributed by atoms with Crippen LogP contribution in [-0.4, -0.2) is 27.2 Å². The summed E-state index contributed by atoms with van der Waals surface area (Å²) in [4.78, 5) is 30.9. The smallest absolute Gasteiger partial charge is 0.266 e. The molecule has 4 rings (SSSR count). The maximum absolute atomic E-state index is 13.7. The molecule has 4 aromatic rings. The van der Waals surface area contributed by atoms with Gasteiger partial charge in [0.15, 0.2) is 0 Å². The molecule has 3 heterocycles. The lowest BCUT2D eigenvalue weighted by atomic mass is 10.2. The van der Waals surface area contributed by atoms with E-state index in [1.165, 1.54) is 40.3 Å². The van der Waals surface area contributed by atoms with E-state index in [9.17, 15) is 14.0 Å². The molecule has 0 radical (unpaired) electrons. The normalized spacial score (nSPS) is 10.9. The number of nitrogens with zero attached hydrogens (tertiary/aromatic N) is 3. The maximum atomic E-state index is 13.7. The molecule has 0 aliphatic rings. The van der Waals surface area contributed by atoms with Crippen LogP contribution in [0.25, 0.3) is 20.5 Å². The first kappa shape index (κ1) is 20.1. The van der Waals surface area contributed by atoms with Crippen molar-refractivity contribution < 1.29 is 9.18 Å². The summed E-state index contributed by atoms with van der Waals surface area (Å²) >= 11 is 3.14. The van der Waals surface area contributed by atoms with Crippen molar-refractivity contribution in [2.24, 2.45) is 0 Å². The first-order valence-corrected chi connectivity index (χ1v) is 10.8. The molecule has 0 saturated carbocycles. The molecule has 0 fully saturated rings. The van der Waals surface area contributed by atoms with Gasteiger partial charge in [0.1, 0.15) is 16.5 Å². The van der Waals surface area contributed by atoms with Crippen LogP contribution in [0.15, 0.2) is 58.7 Å². The number of nitrogens with one attached hydrogen (secondary N) is 1. The minimum Gasteiger partial charge on any atom is -0.350 e. The van der Waals surface area contributed by atoms with E-state index in [-0.39, 0.29) is 24.2 Å². The van der Waals surface area contributed by atoms with Gasteiger partial charge >= 0.3 is 0 Å². The van der Waals surface area contributed by atoms with Gasteiger partial charge in [0.05, 0.1) is 27.6 Å². The highest BCUT2D eigenvalue weighted by Gasteiger charge is 2.15. The lowest BCUT2D eigenvalue weighted by Crippen LogP contribution is -2.32. The number of carbonyl (C=O) groups is 1. The third-order valence-corrected chi connectivity index (χ3v) is 6.57. The van der Waals surface area contributed by atoms with Crippen LogP contribution in [-0.2, 0) is 6.54 Å². The van der Waals surface area contributed by atoms with E-state index >= 15 is 0 Å². The summed E-state index contributed by atoms with van der Waals surface area (Å²) in [6.07, 6.45) is 0. The third kappa shape index (κ3) is 4.22. The molecule has 0 atom stereocenters. The van der Waals surface area contributed by atoms with E-state index in [2.05, 4.69) is 15.4 Å². The number of amides is 1. The van der Waals surface area contributed by atoms with Crippen LogP contribution in [0.5, 0.6) is 0 Å². The SMILES string of the molecule is Cc1nc(-c2cccs2)sc1-c1ccc(=O)n(CCNC(=O)c2ccccc2F)n1. The predicted molar refractivity (Wildman–Crippen MR) is 116 cm³/mol. The minimum atomic E-state index is -0.588. The van der Waals surface area contributed by atoms with Gasteiger partial charge in [0.2, 0.25) is 0 Å². The van der Waals surface area contributed by atoms with Crippen LogP contribution >= 0.6 is 22.7 Å². The number of carbonyl (C=O) groups excluding carboxylic acids is 1. The molecule has 152 valence electrons. The second-order valence-electron chi connectivity index (χ2n) is 6.43. The van der Waals surface area contributed by atoms with Crippen molar-refractivity contribution in [2.75, 3.05) is 6.54 Å². The van der Waals surface area contributed by atoms with Crippen molar-refractivity contribution in [3.8, 4) is 20.5 Å². The number of hydrogen-bond acceptors (Lipinski definition) is 6. The van der Waals surface area contributed by atoms with Crippen LogP contribution in [0.4, 0.5) is 4.39 Å². The zero-order chi connectivity index (χ0) is 21.1. The van der Waals surface area contributed by atoms with Gasteiger partial charge < -0.3 is 5.32 Å². The molecule has 6 nitrogen and oxygen atoms in total. The third-order valence-electron chi connectivity index (χ3n) is 4.36. The Morgan fingerprint density at radius 1 is 1.17 bits per heavy atom. The number of thiophene rings is 1. The van der Waals surface area contributed by atoms with Crippen molar-refractivity contribution in [1.82, 2.24) is 20.1 Å². The van der Waals surface area contributed by atoms with Gasteiger partial charge in [0, 0.05) is 12.6 Å². The van der Waals surface area contributed by atoms with Crippen molar-refractivity contribution in [3.05, 3.63) is 81.3 Å². The Morgan fingerprint density at radius 2 is 2.00 bits per heavy atom. The van der Waals surface area contributed by atoms with Gasteiger partial charge in [-0.05, 0) is 36.6 Å². The van der Waals surface area contributed by atoms with Crippen LogP contribution in [0.3, 0.4) is 0 Å². The van der Waals surface area contributed by atoms with E-state index in [1.54, 1.807) is 23.5 Å². The molecule has 0 bridgehead atoms. The Kier molecular flexibility index (Phi) is 5.82. The van der Waals surface area contributed by atoms with Crippen LogP contribution in [0, 0.1) is 12.7 Å². The van der Waals surface area contributed by atoms with Gasteiger partial charge in [-0.3, -0.25) is 9.59 Å². The Balaban J connectivity index is 1.50. The molecule has 0 spiro atoms. The zero-order valence-electron chi connectivity index (χ0n) is 16.0. The van der Waals surface area contributed by atoms with Gasteiger partial charge in [-0.25, -0.2) is 14.1 Å². The fraction of sp³-hybridized carbons (Fsp3) is 0.143. The number of benzene rings is 1. The average Bonchev–Trinajstić information content (AvgIpc) is 3.39. The number of halogens is 1. The number of aryl methyl sites for hydroxylation is 1. The first-order chi connectivity index (χ1) is 14.5. The second kappa shape index (κ2) is 8.68. The Labute approximate surface area is 179 Å². The Bertz CT molecular complexity index is 1250. The number of aromatic nitrogens is 3. The molecule has 0 unspecified atom stereocenters. The molecule has 1 amide bonds. The molecule has 1 aromatic carbocycles. The van der Waals surface area contributed by atoms with Crippen molar-refractivity contribution in [2.45, 2.75) is 13.5 Å². The second-order valence-corrected chi connectivity index (χ2v) is 8.37. The molecule has 0 aliphatic heterocycles. The monoisotopic (exact) mass is 440 g/mol. The standard InChI is InChI=1S/C21H17FN4O2S2/c1-13-19(30-21(24-13)17-7-4-12-29-17)16-8-9-18(27)26(25-16)11-10-23-20(28)14-5-2-3-6-15(14)22/h2-9,12H,10-11H2,1H3,(H,23,28). The van der Waals surface area contributed by atoms with E-state index in [1.807, 2.05) is 24.4 Å². The summed E-state index contributed by atoms with van der Waals surface area (Å²) in [6.45, 7) is 2.23. The molecule has 0 aliphatic carbocycles. The molecule has 9 heteroatoms. The van der Waals surface area contributed by atoms with Crippen LogP contribution < -0.4 is 10.9 Å². The minimum absolute atomic E-state index is 0.0343. The van der Waals surface area contributed by atoms with E-state index in [0.717, 1.165) is 20.5 Å². The summed E-state index contributed by atoms with van der Waals surface area (Å²) in [5.74, 6) is -1.12. The molecular formula is C21H17FN4O2S2. The number of rotatable bonds is 6. The van der Waals surface area contributed by atoms with Gasteiger partial charge in [-0.2, -0.15) is 5.10 Å². The lowest BCUT2D eigenvalue weighted by molar-refractivity contribution is 0.0947. The fourth-order valence-electron chi connectivity index (χ4n) is 2.89. The van der Waals surface area contributed by atoms with Crippen molar-refractivity contribution in [1.29, 1.82) is 0 Å². The lowest BCUT2D eigenvalue weighted by Gasteiger charge is -2.08. The molecule has 30 heavy (non-hydrogen) atoms. The highest BCUT2D eigenvalue weighted by atomic mass is 32.1. The number of hydrogen-bond donors (Lipinski definition) is 1. The molecule has 1 N–H and O–H groups in total. The largest absolute Gasteiger partial charge is 0.350 e. The topological polar surface area (TPSA) is 76.9 Å². The quantitative estimate of drug-likeness (QED) is 0.492. The molecule has 0 saturated heterocycles. The predicted octanol–water partition coefficient (Wildman–Crippen LogP) is 3.97. The summed E-state index contributed by atoms with van der Waals surface area (Å²) in [6, 6.07) is 12.9.